The summed E-state index contributed by atoms with van der Waals surface area (Å²) in [4.78, 5) is 11.3. The summed E-state index contributed by atoms with van der Waals surface area (Å²) in [6.45, 7) is 1.81. The Morgan fingerprint density at radius 3 is 2.19 bits per heavy atom. The smallest absolute Gasteiger partial charge is 0.408 e. The molecule has 4 nitrogen and oxygen atoms in total. The van der Waals surface area contributed by atoms with Crippen molar-refractivity contribution in [2.45, 2.75) is 34.6 Å². The van der Waals surface area contributed by atoms with Crippen LogP contribution in [0.15, 0.2) is 94.7 Å². The van der Waals surface area contributed by atoms with E-state index in [0.717, 1.165) is 22.9 Å². The lowest BCUT2D eigenvalue weighted by Crippen LogP contribution is -2.55. The van der Waals surface area contributed by atoms with Crippen LogP contribution in [0.25, 0.3) is 0 Å². The van der Waals surface area contributed by atoms with Crippen molar-refractivity contribution in [1.82, 2.24) is 5.32 Å². The van der Waals surface area contributed by atoms with Gasteiger partial charge in [-0.15, -0.1) is 0 Å². The molecule has 0 aliphatic heterocycles. The molecule has 2 atom stereocenters. The second kappa shape index (κ2) is 11.2. The van der Waals surface area contributed by atoms with Gasteiger partial charge in [-0.1, -0.05) is 78.0 Å². The zero-order valence-electron chi connectivity index (χ0n) is 17.4. The van der Waals surface area contributed by atoms with Crippen LogP contribution in [-0.2, 0) is 22.1 Å². The van der Waals surface area contributed by atoms with Crippen LogP contribution in [0.2, 0.25) is 0 Å². The molecule has 1 unspecified atom stereocenters. The maximum absolute atomic E-state index is 14.5. The lowest BCUT2D eigenvalue weighted by atomic mass is 10.2. The number of nitrogens with one attached hydrogen (secondary N) is 1. The number of amides is 1. The van der Waals surface area contributed by atoms with E-state index in [9.17, 15) is 17.8 Å². The molecule has 0 heterocycles. The highest BCUT2D eigenvalue weighted by Crippen LogP contribution is 2.37. The van der Waals surface area contributed by atoms with Crippen molar-refractivity contribution < 1.29 is 22.5 Å². The Morgan fingerprint density at radius 2 is 1.59 bits per heavy atom. The van der Waals surface area contributed by atoms with Gasteiger partial charge < -0.3 is 10.1 Å². The molecule has 1 amide bonds. The molecule has 0 bridgehead atoms. The van der Waals surface area contributed by atoms with Gasteiger partial charge in [0.25, 0.3) is 6.43 Å². The summed E-state index contributed by atoms with van der Waals surface area (Å²) in [5.41, 5.74) is 1.69. The fourth-order valence-electron chi connectivity index (χ4n) is 2.85. The predicted octanol–water partition coefficient (Wildman–Crippen LogP) is 5.78. The minimum Gasteiger partial charge on any atom is -0.445 e. The summed E-state index contributed by atoms with van der Waals surface area (Å²) in [5.74, 6) is -0.492. The zero-order valence-corrected chi connectivity index (χ0v) is 19.0. The Labute approximate surface area is 192 Å². The Balaban J connectivity index is 1.83. The first kappa shape index (κ1) is 23.9. The van der Waals surface area contributed by atoms with E-state index in [-0.39, 0.29) is 6.61 Å². The molecule has 0 aliphatic carbocycles. The van der Waals surface area contributed by atoms with Crippen molar-refractivity contribution in [3.63, 3.8) is 0 Å². The molecule has 1 N–H and O–H groups in total. The minimum absolute atomic E-state index is 0.0664. The van der Waals surface area contributed by atoms with Crippen molar-refractivity contribution in [1.29, 1.82) is 0 Å². The molecule has 32 heavy (non-hydrogen) atoms. The molecule has 0 aliphatic rings. The fourth-order valence-corrected chi connectivity index (χ4v) is 5.54. The lowest BCUT2D eigenvalue weighted by Gasteiger charge is -2.32. The van der Waals surface area contributed by atoms with E-state index >= 15 is 0 Å². The highest BCUT2D eigenvalue weighted by Gasteiger charge is 2.45. The largest absolute Gasteiger partial charge is 0.445 e. The van der Waals surface area contributed by atoms with E-state index in [4.69, 9.17) is 4.74 Å². The SMILES string of the molecule is Cc1ccc(S(=O)C[C@](NC(=O)OCc2ccccc2)(Sc2ccccc2)C(F)F)cc1. The number of aryl methyl sites for hydroxylation is 1. The number of alkyl carbamates (subject to hydrolysis) is 1. The number of halogens is 2. The molecular weight excluding hydrogens is 452 g/mol. The summed E-state index contributed by atoms with van der Waals surface area (Å²) < 4.78 is 47.1. The van der Waals surface area contributed by atoms with Gasteiger partial charge in [-0.3, -0.25) is 4.21 Å². The topological polar surface area (TPSA) is 55.4 Å². The van der Waals surface area contributed by atoms with Crippen LogP contribution in [0.5, 0.6) is 0 Å². The Kier molecular flexibility index (Phi) is 8.41. The van der Waals surface area contributed by atoms with Crippen molar-refractivity contribution in [3.8, 4) is 0 Å². The molecule has 0 saturated heterocycles. The highest BCUT2D eigenvalue weighted by molar-refractivity contribution is 8.01. The van der Waals surface area contributed by atoms with Crippen LogP contribution in [-0.4, -0.2) is 27.4 Å². The van der Waals surface area contributed by atoms with Crippen LogP contribution in [0, 0.1) is 6.92 Å². The first-order valence-corrected chi connectivity index (χ1v) is 12.0. The molecule has 3 aromatic rings. The van der Waals surface area contributed by atoms with Crippen molar-refractivity contribution >= 4 is 28.7 Å². The standard InChI is InChI=1S/C24H23F2NO3S2/c1-18-12-14-21(15-13-18)32(29)17-24(22(25)26,31-20-10-6-3-7-11-20)27-23(28)30-16-19-8-4-2-5-9-19/h2-15,22H,16-17H2,1H3,(H,27,28)/t24-,32?/m0/s1. The van der Waals surface area contributed by atoms with Gasteiger partial charge in [-0.2, -0.15) is 0 Å². The van der Waals surface area contributed by atoms with E-state index in [1.165, 1.54) is 0 Å². The van der Waals surface area contributed by atoms with E-state index in [2.05, 4.69) is 5.32 Å². The summed E-state index contributed by atoms with van der Waals surface area (Å²) in [5, 5.41) is 2.32. The molecule has 3 rings (SSSR count). The van der Waals surface area contributed by atoms with Crippen molar-refractivity contribution in [2.24, 2.45) is 0 Å². The van der Waals surface area contributed by atoms with Crippen molar-refractivity contribution in [3.05, 3.63) is 96.1 Å². The van der Waals surface area contributed by atoms with E-state index in [0.29, 0.717) is 9.79 Å². The monoisotopic (exact) mass is 475 g/mol. The lowest BCUT2D eigenvalue weighted by molar-refractivity contribution is 0.0774. The first-order valence-electron chi connectivity index (χ1n) is 9.84. The van der Waals surface area contributed by atoms with Gasteiger partial charge in [0.2, 0.25) is 0 Å². The van der Waals surface area contributed by atoms with E-state index in [1.807, 2.05) is 13.0 Å². The summed E-state index contributed by atoms with van der Waals surface area (Å²) in [6.07, 6.45) is -4.01. The average Bonchev–Trinajstić information content (AvgIpc) is 2.79. The Hall–Kier alpha value is -2.71. The van der Waals surface area contributed by atoms with Gasteiger partial charge in [0, 0.05) is 9.79 Å². The van der Waals surface area contributed by atoms with Crippen LogP contribution in [0.4, 0.5) is 13.6 Å². The fraction of sp³-hybridized carbons (Fsp3) is 0.208. The van der Waals surface area contributed by atoms with Crippen LogP contribution in [0.3, 0.4) is 0 Å². The van der Waals surface area contributed by atoms with Gasteiger partial charge in [-0.05, 0) is 36.8 Å². The molecule has 0 spiro atoms. The number of hydrogen-bond acceptors (Lipinski definition) is 4. The number of thioether (sulfide) groups is 1. The Bertz CT molecular complexity index is 1030. The summed E-state index contributed by atoms with van der Waals surface area (Å²) in [6, 6.07) is 24.2. The number of carbonyl (C=O) groups is 1. The molecule has 3 aromatic carbocycles. The van der Waals surface area contributed by atoms with Gasteiger partial charge in [0.15, 0.2) is 4.87 Å². The van der Waals surface area contributed by atoms with E-state index < -0.39 is 33.9 Å². The number of hydrogen-bond donors (Lipinski definition) is 1. The van der Waals surface area contributed by atoms with Gasteiger partial charge in [0.1, 0.15) is 6.61 Å². The number of carbonyl (C=O) groups excluding carboxylic acids is 1. The molecule has 168 valence electrons. The van der Waals surface area contributed by atoms with E-state index in [1.54, 1.807) is 78.9 Å². The minimum atomic E-state index is -3.01. The molecule has 0 saturated carbocycles. The molecule has 0 fully saturated rings. The second-order valence-corrected chi connectivity index (χ2v) is 9.95. The number of benzene rings is 3. The molecular formula is C24H23F2NO3S2. The molecule has 0 radical (unpaired) electrons. The predicted molar refractivity (Wildman–Crippen MR) is 123 cm³/mol. The van der Waals surface area contributed by atoms with Gasteiger partial charge in [-0.25, -0.2) is 13.6 Å². The third kappa shape index (κ3) is 6.64. The van der Waals surface area contributed by atoms with Crippen LogP contribution >= 0.6 is 11.8 Å². The van der Waals surface area contributed by atoms with Gasteiger partial charge >= 0.3 is 6.09 Å². The summed E-state index contributed by atoms with van der Waals surface area (Å²) in [7, 11) is -1.78. The maximum atomic E-state index is 14.5. The van der Waals surface area contributed by atoms with Crippen LogP contribution in [0.1, 0.15) is 11.1 Å². The zero-order chi connectivity index (χ0) is 23.0. The quantitative estimate of drug-likeness (QED) is 0.315. The maximum Gasteiger partial charge on any atom is 0.408 e. The van der Waals surface area contributed by atoms with Gasteiger partial charge in [0.05, 0.1) is 16.6 Å². The number of alkyl halides is 2. The normalized spacial score (nSPS) is 13.9. The number of ether oxygens (including phenoxy) is 1. The first-order chi connectivity index (χ1) is 15.4. The molecule has 8 heteroatoms. The third-order valence-corrected chi connectivity index (χ3v) is 7.55. The average molecular weight is 476 g/mol. The van der Waals surface area contributed by atoms with Crippen molar-refractivity contribution in [2.75, 3.05) is 5.75 Å². The highest BCUT2D eigenvalue weighted by atomic mass is 32.2. The number of rotatable bonds is 9. The summed E-state index contributed by atoms with van der Waals surface area (Å²) >= 11 is 0.765. The molecule has 0 aromatic heterocycles. The third-order valence-electron chi connectivity index (χ3n) is 4.55. The van der Waals surface area contributed by atoms with Crippen LogP contribution < -0.4 is 5.32 Å². The Morgan fingerprint density at radius 1 is 1.00 bits per heavy atom. The second-order valence-electron chi connectivity index (χ2n) is 7.09.